The minimum absolute atomic E-state index is 0.263. The van der Waals surface area contributed by atoms with Crippen LogP contribution in [0.25, 0.3) is 0 Å². The van der Waals surface area contributed by atoms with Crippen molar-refractivity contribution in [2.45, 2.75) is 39.3 Å². The van der Waals surface area contributed by atoms with Crippen LogP contribution in [-0.2, 0) is 6.54 Å². The average Bonchev–Trinajstić information content (AvgIpc) is 2.43. The molecular weight excluding hydrogens is 264 g/mol. The first-order chi connectivity index (χ1) is 9.51. The predicted octanol–water partition coefficient (Wildman–Crippen LogP) is 2.53. The van der Waals surface area contributed by atoms with Gasteiger partial charge in [0.2, 0.25) is 0 Å². The first kappa shape index (κ1) is 16.2. The number of nitrogens with one attached hydrogen (secondary N) is 1. The maximum Gasteiger partial charge on any atom is 0.272 e. The quantitative estimate of drug-likeness (QED) is 0.598. The molecule has 3 N–H and O–H groups in total. The van der Waals surface area contributed by atoms with Gasteiger partial charge in [-0.05, 0) is 31.0 Å². The van der Waals surface area contributed by atoms with Crippen LogP contribution in [0, 0.1) is 0 Å². The molecule has 0 aliphatic rings. The summed E-state index contributed by atoms with van der Waals surface area (Å²) in [5.74, 6) is 0.782. The number of alkyl halides is 2. The number of aliphatic imine (C=N–C) groups is 1. The zero-order chi connectivity index (χ0) is 15.0. The van der Waals surface area contributed by atoms with Crippen LogP contribution in [-0.4, -0.2) is 25.0 Å². The lowest BCUT2D eigenvalue weighted by Gasteiger charge is -2.11. The molecule has 1 atom stereocenters. The number of hydrogen-bond acceptors (Lipinski definition) is 2. The Hall–Kier alpha value is -1.85. The van der Waals surface area contributed by atoms with Gasteiger partial charge in [0, 0.05) is 6.04 Å². The summed E-state index contributed by atoms with van der Waals surface area (Å²) in [5, 5.41) is 3.05. The Morgan fingerprint density at radius 2 is 2.20 bits per heavy atom. The van der Waals surface area contributed by atoms with Crippen molar-refractivity contribution >= 4 is 5.96 Å². The molecule has 1 rings (SSSR count). The van der Waals surface area contributed by atoms with Crippen LogP contribution >= 0.6 is 0 Å². The van der Waals surface area contributed by atoms with Crippen LogP contribution in [0.2, 0.25) is 0 Å². The van der Waals surface area contributed by atoms with Gasteiger partial charge in [0.1, 0.15) is 12.4 Å². The van der Waals surface area contributed by atoms with E-state index in [0.29, 0.717) is 18.3 Å². The van der Waals surface area contributed by atoms with E-state index in [1.54, 1.807) is 18.2 Å². The van der Waals surface area contributed by atoms with Gasteiger partial charge < -0.3 is 15.8 Å². The summed E-state index contributed by atoms with van der Waals surface area (Å²) in [4.78, 5) is 4.20. The predicted molar refractivity (Wildman–Crippen MR) is 76.2 cm³/mol. The smallest absolute Gasteiger partial charge is 0.272 e. The minimum Gasteiger partial charge on any atom is -0.488 e. The van der Waals surface area contributed by atoms with Crippen LogP contribution in [0.5, 0.6) is 5.75 Å². The van der Waals surface area contributed by atoms with Crippen LogP contribution in [0.1, 0.15) is 25.8 Å². The molecule has 1 aromatic rings. The normalized spacial score (nSPS) is 13.3. The van der Waals surface area contributed by atoms with Crippen molar-refractivity contribution in [2.24, 2.45) is 10.7 Å². The van der Waals surface area contributed by atoms with Crippen molar-refractivity contribution in [3.8, 4) is 5.75 Å². The Morgan fingerprint density at radius 3 is 2.85 bits per heavy atom. The maximum absolute atomic E-state index is 12.1. The van der Waals surface area contributed by atoms with E-state index < -0.39 is 13.0 Å². The molecule has 20 heavy (non-hydrogen) atoms. The van der Waals surface area contributed by atoms with Crippen molar-refractivity contribution in [3.63, 3.8) is 0 Å². The highest BCUT2D eigenvalue weighted by molar-refractivity contribution is 5.78. The van der Waals surface area contributed by atoms with Gasteiger partial charge in [-0.3, -0.25) is 0 Å². The van der Waals surface area contributed by atoms with Crippen LogP contribution < -0.4 is 15.8 Å². The topological polar surface area (TPSA) is 59.6 Å². The average molecular weight is 285 g/mol. The Labute approximate surface area is 118 Å². The van der Waals surface area contributed by atoms with Crippen molar-refractivity contribution in [2.75, 3.05) is 6.61 Å². The lowest BCUT2D eigenvalue weighted by atomic mass is 10.2. The second kappa shape index (κ2) is 8.35. The molecule has 0 heterocycles. The Kier molecular flexibility index (Phi) is 6.76. The SMILES string of the molecule is CCC(C)NC(N)=NCc1cccc(OCC(F)F)c1. The van der Waals surface area contributed by atoms with Crippen molar-refractivity contribution in [1.82, 2.24) is 5.32 Å². The third kappa shape index (κ3) is 6.36. The highest BCUT2D eigenvalue weighted by Gasteiger charge is 2.04. The first-order valence-corrected chi connectivity index (χ1v) is 6.57. The van der Waals surface area contributed by atoms with Gasteiger partial charge in [0.05, 0.1) is 6.54 Å². The third-order valence-corrected chi connectivity index (χ3v) is 2.71. The number of nitrogens with zero attached hydrogens (tertiary/aromatic N) is 1. The Balaban J connectivity index is 2.55. The van der Waals surface area contributed by atoms with E-state index in [0.717, 1.165) is 12.0 Å². The third-order valence-electron chi connectivity index (χ3n) is 2.71. The number of guanidine groups is 1. The van der Waals surface area contributed by atoms with Crippen molar-refractivity contribution in [3.05, 3.63) is 29.8 Å². The summed E-state index contributed by atoms with van der Waals surface area (Å²) in [5.41, 5.74) is 6.60. The molecule has 0 bridgehead atoms. The molecule has 0 saturated heterocycles. The number of ether oxygens (including phenoxy) is 1. The minimum atomic E-state index is -2.48. The Morgan fingerprint density at radius 1 is 1.45 bits per heavy atom. The molecule has 0 aliphatic carbocycles. The molecule has 4 nitrogen and oxygen atoms in total. The molecule has 6 heteroatoms. The number of hydrogen-bond donors (Lipinski definition) is 2. The number of rotatable bonds is 7. The monoisotopic (exact) mass is 285 g/mol. The number of halogens is 2. The van der Waals surface area contributed by atoms with E-state index in [1.165, 1.54) is 0 Å². The Bertz CT molecular complexity index is 438. The van der Waals surface area contributed by atoms with Crippen LogP contribution in [0.3, 0.4) is 0 Å². The number of benzene rings is 1. The van der Waals surface area contributed by atoms with E-state index in [1.807, 2.05) is 13.0 Å². The van der Waals surface area contributed by atoms with Crippen LogP contribution in [0.15, 0.2) is 29.3 Å². The van der Waals surface area contributed by atoms with E-state index in [2.05, 4.69) is 17.2 Å². The molecule has 112 valence electrons. The lowest BCUT2D eigenvalue weighted by molar-refractivity contribution is 0.0818. The molecular formula is C14H21F2N3O. The largest absolute Gasteiger partial charge is 0.488 e. The second-order valence-electron chi connectivity index (χ2n) is 4.50. The summed E-state index contributed by atoms with van der Waals surface area (Å²) in [6, 6.07) is 7.16. The van der Waals surface area contributed by atoms with E-state index in [-0.39, 0.29) is 6.04 Å². The molecule has 0 spiro atoms. The summed E-state index contributed by atoms with van der Waals surface area (Å²) >= 11 is 0. The van der Waals surface area contributed by atoms with E-state index in [9.17, 15) is 8.78 Å². The molecule has 0 amide bonds. The summed E-state index contributed by atoms with van der Waals surface area (Å²) < 4.78 is 29.1. The summed E-state index contributed by atoms with van der Waals surface area (Å²) in [7, 11) is 0. The highest BCUT2D eigenvalue weighted by Crippen LogP contribution is 2.14. The van der Waals surface area contributed by atoms with Gasteiger partial charge in [0.25, 0.3) is 6.43 Å². The fourth-order valence-corrected chi connectivity index (χ4v) is 1.47. The van der Waals surface area contributed by atoms with Gasteiger partial charge in [-0.15, -0.1) is 0 Å². The molecule has 0 aliphatic heterocycles. The summed E-state index contributed by atoms with van der Waals surface area (Å²) in [6.07, 6.45) is -1.53. The molecule has 0 saturated carbocycles. The zero-order valence-corrected chi connectivity index (χ0v) is 11.8. The van der Waals surface area contributed by atoms with Gasteiger partial charge in [-0.25, -0.2) is 13.8 Å². The molecule has 0 fully saturated rings. The molecule has 0 radical (unpaired) electrons. The second-order valence-corrected chi connectivity index (χ2v) is 4.50. The van der Waals surface area contributed by atoms with E-state index >= 15 is 0 Å². The maximum atomic E-state index is 12.1. The van der Waals surface area contributed by atoms with Gasteiger partial charge in [-0.2, -0.15) is 0 Å². The van der Waals surface area contributed by atoms with Crippen LogP contribution in [0.4, 0.5) is 8.78 Å². The highest BCUT2D eigenvalue weighted by atomic mass is 19.3. The van der Waals surface area contributed by atoms with Crippen molar-refractivity contribution in [1.29, 1.82) is 0 Å². The van der Waals surface area contributed by atoms with Crippen molar-refractivity contribution < 1.29 is 13.5 Å². The van der Waals surface area contributed by atoms with Gasteiger partial charge >= 0.3 is 0 Å². The zero-order valence-electron chi connectivity index (χ0n) is 11.8. The molecule has 1 unspecified atom stereocenters. The first-order valence-electron chi connectivity index (χ1n) is 6.57. The molecule has 0 aromatic heterocycles. The summed E-state index contributed by atoms with van der Waals surface area (Å²) in [6.45, 7) is 3.83. The fraction of sp³-hybridized carbons (Fsp3) is 0.500. The number of nitrogens with two attached hydrogens (primary N) is 1. The van der Waals surface area contributed by atoms with Gasteiger partial charge in [0.15, 0.2) is 5.96 Å². The lowest BCUT2D eigenvalue weighted by Crippen LogP contribution is -2.38. The van der Waals surface area contributed by atoms with E-state index in [4.69, 9.17) is 10.5 Å². The van der Waals surface area contributed by atoms with Gasteiger partial charge in [-0.1, -0.05) is 19.1 Å². The molecule has 1 aromatic carbocycles. The standard InChI is InChI=1S/C14H21F2N3O/c1-3-10(2)19-14(17)18-8-11-5-4-6-12(7-11)20-9-13(15)16/h4-7,10,13H,3,8-9H2,1-2H3,(H3,17,18,19). The fourth-order valence-electron chi connectivity index (χ4n) is 1.47.